The van der Waals surface area contributed by atoms with Gasteiger partial charge < -0.3 is 15.8 Å². The molecule has 0 saturated heterocycles. The molecule has 160 valence electrons. The van der Waals surface area contributed by atoms with Crippen molar-refractivity contribution in [2.45, 2.75) is 24.6 Å². The van der Waals surface area contributed by atoms with E-state index < -0.39 is 59.6 Å². The molecule has 0 bridgehead atoms. The second kappa shape index (κ2) is 7.11. The van der Waals surface area contributed by atoms with Crippen molar-refractivity contribution in [1.82, 2.24) is 9.78 Å². The van der Waals surface area contributed by atoms with Gasteiger partial charge in [0.25, 0.3) is 11.9 Å². The van der Waals surface area contributed by atoms with Crippen LogP contribution in [0.3, 0.4) is 0 Å². The zero-order valence-electron chi connectivity index (χ0n) is 14.9. The number of hydrogen-bond acceptors (Lipinski definition) is 5. The predicted molar refractivity (Wildman–Crippen MR) is 95.1 cm³/mol. The van der Waals surface area contributed by atoms with Crippen molar-refractivity contribution in [3.63, 3.8) is 0 Å². The van der Waals surface area contributed by atoms with Crippen molar-refractivity contribution in [3.8, 4) is 0 Å². The summed E-state index contributed by atoms with van der Waals surface area (Å²) < 4.78 is 73.7. The average molecular weight is 450 g/mol. The van der Waals surface area contributed by atoms with E-state index in [2.05, 4.69) is 15.4 Å². The van der Waals surface area contributed by atoms with E-state index in [1.807, 2.05) is 0 Å². The fourth-order valence-corrected chi connectivity index (χ4v) is 3.74. The molecule has 1 saturated carbocycles. The minimum absolute atomic E-state index is 0.165. The van der Waals surface area contributed by atoms with Gasteiger partial charge in [-0.2, -0.15) is 13.9 Å². The van der Waals surface area contributed by atoms with Crippen LogP contribution < -0.4 is 11.1 Å². The number of nitrogens with one attached hydrogen (secondary N) is 1. The number of halogens is 6. The Bertz CT molecular complexity index is 1060. The summed E-state index contributed by atoms with van der Waals surface area (Å²) >= 11 is 5.74. The Morgan fingerprint density at radius 2 is 2.17 bits per heavy atom. The van der Waals surface area contributed by atoms with Crippen LogP contribution in [0.15, 0.2) is 23.3 Å². The lowest BCUT2D eigenvalue weighted by Gasteiger charge is -2.31. The van der Waals surface area contributed by atoms with Crippen molar-refractivity contribution < 1.29 is 31.5 Å². The van der Waals surface area contributed by atoms with Crippen LogP contribution in [0.25, 0.3) is 0 Å². The van der Waals surface area contributed by atoms with Crippen LogP contribution in [-0.2, 0) is 10.3 Å². The Morgan fingerprint density at radius 1 is 1.43 bits per heavy atom. The average Bonchev–Trinajstić information content (AvgIpc) is 3.35. The maximum absolute atomic E-state index is 14.6. The van der Waals surface area contributed by atoms with Gasteiger partial charge in [0.05, 0.1) is 11.2 Å². The highest BCUT2D eigenvalue weighted by Crippen LogP contribution is 2.54. The first-order valence-electron chi connectivity index (χ1n) is 8.58. The molecule has 0 unspecified atom stereocenters. The topological polar surface area (TPSA) is 94.5 Å². The molecule has 30 heavy (non-hydrogen) atoms. The van der Waals surface area contributed by atoms with Crippen LogP contribution in [0.2, 0.25) is 5.02 Å². The number of nitrogens with two attached hydrogens (primary N) is 1. The third-order valence-corrected chi connectivity index (χ3v) is 5.26. The zero-order chi connectivity index (χ0) is 21.8. The second-order valence-corrected chi connectivity index (χ2v) is 7.27. The van der Waals surface area contributed by atoms with Gasteiger partial charge >= 0.3 is 6.55 Å². The maximum atomic E-state index is 14.6. The lowest BCUT2D eigenvalue weighted by Crippen LogP contribution is -2.40. The van der Waals surface area contributed by atoms with Gasteiger partial charge in [0.15, 0.2) is 17.3 Å². The number of aromatic nitrogens is 2. The fraction of sp³-hybridized carbons (Fsp3) is 0.353. The molecule has 2 aliphatic rings. The number of hydrogen-bond donors (Lipinski definition) is 2. The molecular weight excluding hydrogens is 437 g/mol. The quantitative estimate of drug-likeness (QED) is 0.684. The number of alkyl halides is 3. The van der Waals surface area contributed by atoms with Gasteiger partial charge in [-0.1, -0.05) is 11.6 Å². The number of rotatable bonds is 5. The highest BCUT2D eigenvalue weighted by atomic mass is 35.5. The number of fused-ring (bicyclic) bond motifs is 1. The molecule has 0 radical (unpaired) electrons. The van der Waals surface area contributed by atoms with Gasteiger partial charge in [-0.05, 0) is 12.5 Å². The monoisotopic (exact) mass is 449 g/mol. The summed E-state index contributed by atoms with van der Waals surface area (Å²) in [5, 5.41) is 5.18. The summed E-state index contributed by atoms with van der Waals surface area (Å²) in [6.45, 7) is -4.22. The van der Waals surface area contributed by atoms with Crippen molar-refractivity contribution in [3.05, 3.63) is 46.2 Å². The van der Waals surface area contributed by atoms with Crippen molar-refractivity contribution in [1.29, 1.82) is 0 Å². The first-order valence-corrected chi connectivity index (χ1v) is 8.95. The Morgan fingerprint density at radius 3 is 2.80 bits per heavy atom. The molecule has 3 N–H and O–H groups in total. The third-order valence-electron chi connectivity index (χ3n) is 4.99. The molecule has 1 aliphatic heterocycles. The van der Waals surface area contributed by atoms with E-state index in [1.54, 1.807) is 0 Å². The molecule has 2 heterocycles. The Hall–Kier alpha value is -2.89. The van der Waals surface area contributed by atoms with Crippen LogP contribution in [-0.4, -0.2) is 34.5 Å². The smallest absolute Gasteiger partial charge is 0.333 e. The minimum Gasteiger partial charge on any atom is -0.462 e. The first kappa shape index (κ1) is 20.4. The molecule has 1 aliphatic carbocycles. The molecule has 1 fully saturated rings. The van der Waals surface area contributed by atoms with Crippen LogP contribution in [0, 0.1) is 17.6 Å². The van der Waals surface area contributed by atoms with Crippen LogP contribution in [0.1, 0.15) is 29.0 Å². The van der Waals surface area contributed by atoms with Gasteiger partial charge in [-0.3, -0.25) is 4.79 Å². The molecule has 13 heteroatoms. The molecule has 1 aromatic carbocycles. The number of benzene rings is 1. The predicted octanol–water partition coefficient (Wildman–Crippen LogP) is 3.36. The number of amides is 1. The molecule has 0 spiro atoms. The number of aliphatic imine (C=N–C) groups is 1. The highest BCUT2D eigenvalue weighted by Gasteiger charge is 2.60. The van der Waals surface area contributed by atoms with Crippen LogP contribution >= 0.6 is 11.6 Å². The summed E-state index contributed by atoms with van der Waals surface area (Å²) in [6.07, 6.45) is 0.603. The fourth-order valence-electron chi connectivity index (χ4n) is 3.52. The zero-order valence-corrected chi connectivity index (χ0v) is 15.6. The number of nitrogens with zero attached hydrogens (tertiary/aromatic N) is 3. The van der Waals surface area contributed by atoms with E-state index in [-0.39, 0.29) is 21.4 Å². The third kappa shape index (κ3) is 3.24. The second-order valence-electron chi connectivity index (χ2n) is 6.86. The lowest BCUT2D eigenvalue weighted by atomic mass is 9.85. The van der Waals surface area contributed by atoms with Gasteiger partial charge in [0.2, 0.25) is 0 Å². The van der Waals surface area contributed by atoms with E-state index in [9.17, 15) is 26.7 Å². The number of ether oxygens (including phenoxy) is 1. The largest absolute Gasteiger partial charge is 0.462 e. The number of amidine groups is 1. The van der Waals surface area contributed by atoms with E-state index in [0.29, 0.717) is 12.5 Å². The summed E-state index contributed by atoms with van der Waals surface area (Å²) in [6, 6.07) is 1.30. The number of anilines is 1. The summed E-state index contributed by atoms with van der Waals surface area (Å²) in [4.78, 5) is 16.3. The van der Waals surface area contributed by atoms with Gasteiger partial charge in [0.1, 0.15) is 18.3 Å². The molecule has 1 amide bonds. The molecule has 3 atom stereocenters. The summed E-state index contributed by atoms with van der Waals surface area (Å²) in [5.74, 6) is -4.34. The Kier molecular flexibility index (Phi) is 4.83. The first-order chi connectivity index (χ1) is 14.2. The van der Waals surface area contributed by atoms with Crippen LogP contribution in [0.5, 0.6) is 0 Å². The minimum atomic E-state index is -3.04. The van der Waals surface area contributed by atoms with Crippen molar-refractivity contribution in [2.24, 2.45) is 16.6 Å². The van der Waals surface area contributed by atoms with E-state index >= 15 is 0 Å². The molecule has 4 rings (SSSR count). The van der Waals surface area contributed by atoms with Gasteiger partial charge in [-0.15, -0.1) is 0 Å². The Balaban J connectivity index is 1.71. The maximum Gasteiger partial charge on any atom is 0.333 e. The normalized spacial score (nSPS) is 24.8. The standard InChI is InChI=1S/C17H13ClF5N5O2/c18-9-4-28(15(22)23)27-13(9)14(29)25-6-1-8(12(21)10(20)2-6)17(5-19)7-3-11(7)30-16(24)26-17/h1-2,4,7,11,15H,3,5H2,(H2,24,26)(H,25,29)/t7-,11+,17-/m1/s1. The lowest BCUT2D eigenvalue weighted by molar-refractivity contribution is 0.0561. The molecule has 2 aromatic rings. The van der Waals surface area contributed by atoms with E-state index in [4.69, 9.17) is 22.1 Å². The van der Waals surface area contributed by atoms with Gasteiger partial charge in [-0.25, -0.2) is 22.8 Å². The van der Waals surface area contributed by atoms with Crippen LogP contribution in [0.4, 0.5) is 27.6 Å². The molecule has 1 aromatic heterocycles. The Labute approximate surface area is 170 Å². The molecular formula is C17H13ClF5N5O2. The van der Waals surface area contributed by atoms with E-state index in [0.717, 1.165) is 12.3 Å². The van der Waals surface area contributed by atoms with E-state index in [1.165, 1.54) is 0 Å². The summed E-state index contributed by atoms with van der Waals surface area (Å²) in [7, 11) is 0. The van der Waals surface area contributed by atoms with Crippen molar-refractivity contribution in [2.75, 3.05) is 12.0 Å². The van der Waals surface area contributed by atoms with Gasteiger partial charge in [0, 0.05) is 23.2 Å². The number of carbonyl (C=O) groups is 1. The van der Waals surface area contributed by atoms with Crippen molar-refractivity contribution >= 4 is 29.2 Å². The number of carbonyl (C=O) groups excluding carboxylic acids is 1. The SMILES string of the molecule is NC1=N[C@@](CF)(c2cc(NC(=O)c3nn(C(F)F)cc3Cl)cc(F)c2F)[C@@H]2C[C@@H]2O1. The summed E-state index contributed by atoms with van der Waals surface area (Å²) in [5.41, 5.74) is 2.46. The molecule has 7 nitrogen and oxygen atoms in total. The highest BCUT2D eigenvalue weighted by molar-refractivity contribution is 6.34.